The van der Waals surface area contributed by atoms with Crippen molar-refractivity contribution in [2.75, 3.05) is 36.5 Å². The fraction of sp³-hybridized carbons (Fsp3) is 0.458. The van der Waals surface area contributed by atoms with E-state index in [0.29, 0.717) is 68.8 Å². The van der Waals surface area contributed by atoms with Crippen LogP contribution in [0.4, 0.5) is 20.3 Å². The maximum Gasteiger partial charge on any atom is 0.284 e. The number of aromatic nitrogens is 4. The van der Waals surface area contributed by atoms with Gasteiger partial charge in [0.2, 0.25) is 0 Å². The number of morpholine rings is 1. The van der Waals surface area contributed by atoms with Gasteiger partial charge in [-0.2, -0.15) is 5.10 Å². The summed E-state index contributed by atoms with van der Waals surface area (Å²) in [6.07, 6.45) is 3.79. The number of hydrogen-bond acceptors (Lipinski definition) is 7. The second-order valence-corrected chi connectivity index (χ2v) is 8.86. The number of pyridine rings is 2. The smallest absolute Gasteiger partial charge is 0.284 e. The van der Waals surface area contributed by atoms with Crippen LogP contribution in [0.15, 0.2) is 30.6 Å². The molecule has 4 heterocycles. The third-order valence-electron chi connectivity index (χ3n) is 6.67. The molecule has 35 heavy (non-hydrogen) atoms. The highest BCUT2D eigenvalue weighted by molar-refractivity contribution is 6.11. The lowest BCUT2D eigenvalue weighted by Crippen LogP contribution is -2.36. The summed E-state index contributed by atoms with van der Waals surface area (Å²) in [6, 6.07) is 5.08. The van der Waals surface area contributed by atoms with Gasteiger partial charge in [-0.15, -0.1) is 0 Å². The zero-order valence-corrected chi connectivity index (χ0v) is 19.1. The summed E-state index contributed by atoms with van der Waals surface area (Å²) in [7, 11) is 0. The van der Waals surface area contributed by atoms with Crippen LogP contribution >= 0.6 is 0 Å². The number of rotatable bonds is 6. The molecule has 1 aliphatic heterocycles. The molecule has 5 rings (SSSR count). The second kappa shape index (κ2) is 10.0. The lowest BCUT2D eigenvalue weighted by molar-refractivity contribution is -0.112. The summed E-state index contributed by atoms with van der Waals surface area (Å²) in [6.45, 7) is 2.56. The molecule has 11 heteroatoms. The van der Waals surface area contributed by atoms with Gasteiger partial charge in [0.1, 0.15) is 17.6 Å². The molecule has 9 nitrogen and oxygen atoms in total. The van der Waals surface area contributed by atoms with Gasteiger partial charge >= 0.3 is 0 Å². The lowest BCUT2D eigenvalue weighted by Gasteiger charge is -2.28. The largest absolute Gasteiger partial charge is 0.378 e. The van der Waals surface area contributed by atoms with Crippen LogP contribution in [-0.2, 0) is 9.53 Å². The number of carbonyl (C=O) groups is 2. The minimum absolute atomic E-state index is 0.00498. The van der Waals surface area contributed by atoms with Gasteiger partial charge in [-0.3, -0.25) is 14.5 Å². The minimum Gasteiger partial charge on any atom is -0.378 e. The second-order valence-electron chi connectivity index (χ2n) is 8.86. The van der Waals surface area contributed by atoms with E-state index in [2.05, 4.69) is 25.3 Å². The summed E-state index contributed by atoms with van der Waals surface area (Å²) in [4.78, 5) is 35.3. The van der Waals surface area contributed by atoms with Crippen molar-refractivity contribution in [3.05, 3.63) is 41.9 Å². The van der Waals surface area contributed by atoms with Crippen LogP contribution in [0.1, 0.15) is 54.2 Å². The lowest BCUT2D eigenvalue weighted by atomic mass is 9.87. The van der Waals surface area contributed by atoms with Crippen LogP contribution in [0.5, 0.6) is 0 Å². The van der Waals surface area contributed by atoms with Gasteiger partial charge in [0, 0.05) is 31.4 Å². The average molecular weight is 485 g/mol. The molecule has 2 aliphatic rings. The molecule has 184 valence electrons. The number of anilines is 2. The summed E-state index contributed by atoms with van der Waals surface area (Å²) in [5, 5.41) is 6.70. The maximum absolute atomic E-state index is 13.8. The Balaban J connectivity index is 1.41. The van der Waals surface area contributed by atoms with E-state index in [0.717, 1.165) is 6.29 Å². The highest BCUT2D eigenvalue weighted by Gasteiger charge is 2.27. The van der Waals surface area contributed by atoms with Crippen molar-refractivity contribution in [1.29, 1.82) is 0 Å². The Bertz CT molecular complexity index is 1220. The zero-order chi connectivity index (χ0) is 24.4. The molecule has 0 spiro atoms. The van der Waals surface area contributed by atoms with Gasteiger partial charge in [-0.25, -0.2) is 13.8 Å². The molecular formula is C24H26F2N6O3. The standard InChI is InChI=1S/C24H26F2N6O3/c25-23(26)22-19(13-32(30-22)16-3-1-15(14-33)2-4-16)28-24(34)17-7-8-27-18-5-6-20(29-21(17)18)31-9-11-35-12-10-31/h5-8,13-16,23H,1-4,9-12H2,(H,28,34). The van der Waals surface area contributed by atoms with E-state index in [4.69, 9.17) is 4.74 Å². The molecule has 1 saturated carbocycles. The molecule has 0 aromatic carbocycles. The topological polar surface area (TPSA) is 102 Å². The van der Waals surface area contributed by atoms with Crippen molar-refractivity contribution in [1.82, 2.24) is 19.7 Å². The minimum atomic E-state index is -2.85. The molecule has 3 aromatic rings. The van der Waals surface area contributed by atoms with E-state index < -0.39 is 18.0 Å². The predicted molar refractivity (Wildman–Crippen MR) is 125 cm³/mol. The van der Waals surface area contributed by atoms with Gasteiger partial charge < -0.3 is 19.7 Å². The Kier molecular flexibility index (Phi) is 6.67. The van der Waals surface area contributed by atoms with Crippen molar-refractivity contribution in [2.24, 2.45) is 5.92 Å². The number of halogens is 2. The van der Waals surface area contributed by atoms with E-state index in [1.807, 2.05) is 6.07 Å². The highest BCUT2D eigenvalue weighted by Crippen LogP contribution is 2.34. The zero-order valence-electron chi connectivity index (χ0n) is 19.1. The van der Waals surface area contributed by atoms with E-state index >= 15 is 0 Å². The van der Waals surface area contributed by atoms with E-state index in [9.17, 15) is 18.4 Å². The van der Waals surface area contributed by atoms with E-state index in [-0.39, 0.29) is 23.2 Å². The summed E-state index contributed by atoms with van der Waals surface area (Å²) in [5.41, 5.74) is 0.663. The van der Waals surface area contributed by atoms with Crippen LogP contribution in [0.2, 0.25) is 0 Å². The highest BCUT2D eigenvalue weighted by atomic mass is 19.3. The number of nitrogens with zero attached hydrogens (tertiary/aromatic N) is 5. The third kappa shape index (κ3) is 4.86. The van der Waals surface area contributed by atoms with Gasteiger partial charge in [0.05, 0.1) is 36.0 Å². The first-order valence-electron chi connectivity index (χ1n) is 11.8. The van der Waals surface area contributed by atoms with Crippen LogP contribution in [0, 0.1) is 5.92 Å². The molecule has 0 unspecified atom stereocenters. The maximum atomic E-state index is 13.8. The SMILES string of the molecule is O=CC1CCC(n2cc(NC(=O)c3ccnc4ccc(N5CCOCC5)nc34)c(C(F)F)n2)CC1. The molecule has 1 amide bonds. The van der Waals surface area contributed by atoms with Gasteiger partial charge in [0.15, 0.2) is 5.69 Å². The molecule has 1 saturated heterocycles. The Morgan fingerprint density at radius 3 is 2.63 bits per heavy atom. The predicted octanol–water partition coefficient (Wildman–Crippen LogP) is 3.78. The van der Waals surface area contributed by atoms with E-state index in [1.54, 1.807) is 6.07 Å². The number of nitrogens with one attached hydrogen (secondary N) is 1. The van der Waals surface area contributed by atoms with Crippen molar-refractivity contribution in [3.8, 4) is 0 Å². The van der Waals surface area contributed by atoms with Crippen molar-refractivity contribution in [2.45, 2.75) is 38.2 Å². The Hall–Kier alpha value is -3.47. The van der Waals surface area contributed by atoms with Crippen LogP contribution in [-0.4, -0.2) is 58.2 Å². The number of fused-ring (bicyclic) bond motifs is 1. The quantitative estimate of drug-likeness (QED) is 0.531. The number of hydrogen-bond donors (Lipinski definition) is 1. The van der Waals surface area contributed by atoms with Crippen LogP contribution in [0.3, 0.4) is 0 Å². The number of alkyl halides is 2. The first kappa shape index (κ1) is 23.3. The van der Waals surface area contributed by atoms with Crippen LogP contribution < -0.4 is 10.2 Å². The average Bonchev–Trinajstić information content (AvgIpc) is 3.32. The summed E-state index contributed by atoms with van der Waals surface area (Å²) in [5.74, 6) is 0.149. The molecule has 0 radical (unpaired) electrons. The molecule has 0 bridgehead atoms. The third-order valence-corrected chi connectivity index (χ3v) is 6.67. The molecule has 2 fully saturated rings. The number of carbonyl (C=O) groups excluding carboxylic acids is 2. The molecular weight excluding hydrogens is 458 g/mol. The number of amides is 1. The molecule has 1 aliphatic carbocycles. The summed E-state index contributed by atoms with van der Waals surface area (Å²) < 4.78 is 34.4. The van der Waals surface area contributed by atoms with Crippen molar-refractivity contribution < 1.29 is 23.1 Å². The van der Waals surface area contributed by atoms with Crippen molar-refractivity contribution >= 4 is 34.7 Å². The first-order valence-corrected chi connectivity index (χ1v) is 11.8. The van der Waals surface area contributed by atoms with E-state index in [1.165, 1.54) is 23.1 Å². The van der Waals surface area contributed by atoms with Gasteiger partial charge in [-0.05, 0) is 43.9 Å². The normalized spacial score (nSPS) is 20.8. The molecule has 3 aromatic heterocycles. The fourth-order valence-electron chi connectivity index (χ4n) is 4.71. The van der Waals surface area contributed by atoms with Crippen LogP contribution in [0.25, 0.3) is 11.0 Å². The number of aldehydes is 1. The monoisotopic (exact) mass is 484 g/mol. The fourth-order valence-corrected chi connectivity index (χ4v) is 4.71. The Morgan fingerprint density at radius 2 is 1.91 bits per heavy atom. The first-order chi connectivity index (χ1) is 17.0. The Morgan fingerprint density at radius 1 is 1.14 bits per heavy atom. The molecule has 1 N–H and O–H groups in total. The van der Waals surface area contributed by atoms with Gasteiger partial charge in [-0.1, -0.05) is 0 Å². The summed E-state index contributed by atoms with van der Waals surface area (Å²) >= 11 is 0. The van der Waals surface area contributed by atoms with Crippen molar-refractivity contribution in [3.63, 3.8) is 0 Å². The van der Waals surface area contributed by atoms with Gasteiger partial charge in [0.25, 0.3) is 12.3 Å². The Labute approximate surface area is 200 Å². The number of ether oxygens (including phenoxy) is 1. The molecule has 0 atom stereocenters.